The standard InChI is InChI=1S/C13H16BrN5/c1-3-4-12-18-11(14)7-13(19-12)16-8-10-5-6-15-9(2)17-10/h5-7H,3-4,8H2,1-2H3,(H,16,18,19). The Morgan fingerprint density at radius 3 is 2.84 bits per heavy atom. The third kappa shape index (κ3) is 4.24. The van der Waals surface area contributed by atoms with Gasteiger partial charge < -0.3 is 5.32 Å². The van der Waals surface area contributed by atoms with Crippen LogP contribution in [-0.2, 0) is 13.0 Å². The fraction of sp³-hybridized carbons (Fsp3) is 0.385. The van der Waals surface area contributed by atoms with Gasteiger partial charge in [-0.2, -0.15) is 0 Å². The molecule has 2 rings (SSSR count). The smallest absolute Gasteiger partial charge is 0.132 e. The number of anilines is 1. The van der Waals surface area contributed by atoms with E-state index in [1.165, 1.54) is 0 Å². The van der Waals surface area contributed by atoms with Gasteiger partial charge in [-0.15, -0.1) is 0 Å². The molecule has 0 fully saturated rings. The Balaban J connectivity index is 2.06. The van der Waals surface area contributed by atoms with Gasteiger partial charge in [-0.1, -0.05) is 6.92 Å². The van der Waals surface area contributed by atoms with Crippen molar-refractivity contribution in [3.05, 3.63) is 40.3 Å². The van der Waals surface area contributed by atoms with Crippen molar-refractivity contribution in [3.63, 3.8) is 0 Å². The molecule has 2 aromatic heterocycles. The van der Waals surface area contributed by atoms with Crippen LogP contribution in [0.25, 0.3) is 0 Å². The summed E-state index contributed by atoms with van der Waals surface area (Å²) in [5.74, 6) is 2.43. The van der Waals surface area contributed by atoms with Crippen molar-refractivity contribution in [2.75, 3.05) is 5.32 Å². The Morgan fingerprint density at radius 2 is 2.11 bits per heavy atom. The number of halogens is 1. The fourth-order valence-corrected chi connectivity index (χ4v) is 2.10. The lowest BCUT2D eigenvalue weighted by Crippen LogP contribution is -2.06. The van der Waals surface area contributed by atoms with E-state index in [1.807, 2.05) is 19.1 Å². The van der Waals surface area contributed by atoms with Crippen molar-refractivity contribution in [2.24, 2.45) is 0 Å². The molecule has 2 heterocycles. The third-order valence-corrected chi connectivity index (χ3v) is 2.91. The summed E-state index contributed by atoms with van der Waals surface area (Å²) in [6.07, 6.45) is 3.67. The summed E-state index contributed by atoms with van der Waals surface area (Å²) in [5, 5.41) is 3.26. The molecule has 0 saturated carbocycles. The second-order valence-electron chi connectivity index (χ2n) is 4.19. The van der Waals surface area contributed by atoms with Crippen molar-refractivity contribution in [3.8, 4) is 0 Å². The van der Waals surface area contributed by atoms with Gasteiger partial charge in [0.05, 0.1) is 12.2 Å². The van der Waals surface area contributed by atoms with E-state index in [2.05, 4.69) is 48.1 Å². The molecule has 0 bridgehead atoms. The van der Waals surface area contributed by atoms with E-state index in [1.54, 1.807) is 6.20 Å². The molecule has 0 unspecified atom stereocenters. The second-order valence-corrected chi connectivity index (χ2v) is 5.00. The van der Waals surface area contributed by atoms with E-state index >= 15 is 0 Å². The van der Waals surface area contributed by atoms with Crippen molar-refractivity contribution in [2.45, 2.75) is 33.2 Å². The second kappa shape index (κ2) is 6.56. The molecule has 100 valence electrons. The quantitative estimate of drug-likeness (QED) is 0.858. The molecule has 5 nitrogen and oxygen atoms in total. The highest BCUT2D eigenvalue weighted by atomic mass is 79.9. The molecular weight excluding hydrogens is 306 g/mol. The summed E-state index contributed by atoms with van der Waals surface area (Å²) < 4.78 is 0.798. The molecular formula is C13H16BrN5. The van der Waals surface area contributed by atoms with Gasteiger partial charge in [-0.05, 0) is 35.3 Å². The lowest BCUT2D eigenvalue weighted by atomic mass is 10.3. The van der Waals surface area contributed by atoms with Crippen LogP contribution in [0.3, 0.4) is 0 Å². The van der Waals surface area contributed by atoms with E-state index in [-0.39, 0.29) is 0 Å². The molecule has 0 amide bonds. The van der Waals surface area contributed by atoms with Crippen LogP contribution in [0.4, 0.5) is 5.82 Å². The molecule has 0 radical (unpaired) electrons. The number of nitrogens with one attached hydrogen (secondary N) is 1. The molecule has 0 aromatic carbocycles. The molecule has 19 heavy (non-hydrogen) atoms. The first-order valence-electron chi connectivity index (χ1n) is 6.23. The van der Waals surface area contributed by atoms with Gasteiger partial charge in [0.2, 0.25) is 0 Å². The maximum atomic E-state index is 4.47. The highest BCUT2D eigenvalue weighted by Gasteiger charge is 2.03. The molecule has 0 spiro atoms. The number of aryl methyl sites for hydroxylation is 2. The van der Waals surface area contributed by atoms with Gasteiger partial charge in [0.1, 0.15) is 22.1 Å². The normalized spacial score (nSPS) is 10.5. The number of rotatable bonds is 5. The first-order chi connectivity index (χ1) is 9.17. The predicted molar refractivity (Wildman–Crippen MR) is 77.8 cm³/mol. The van der Waals surface area contributed by atoms with E-state index < -0.39 is 0 Å². The highest BCUT2D eigenvalue weighted by molar-refractivity contribution is 9.10. The number of aromatic nitrogens is 4. The van der Waals surface area contributed by atoms with Crippen molar-refractivity contribution in [1.82, 2.24) is 19.9 Å². The Bertz CT molecular complexity index is 558. The Labute approximate surface area is 121 Å². The van der Waals surface area contributed by atoms with Crippen LogP contribution in [0.15, 0.2) is 22.9 Å². The van der Waals surface area contributed by atoms with Crippen molar-refractivity contribution < 1.29 is 0 Å². The highest BCUT2D eigenvalue weighted by Crippen LogP contribution is 2.14. The molecule has 0 saturated heterocycles. The summed E-state index contributed by atoms with van der Waals surface area (Å²) in [7, 11) is 0. The first-order valence-corrected chi connectivity index (χ1v) is 7.02. The van der Waals surface area contributed by atoms with Gasteiger partial charge >= 0.3 is 0 Å². The SMILES string of the molecule is CCCc1nc(Br)cc(NCc2ccnc(C)n2)n1. The summed E-state index contributed by atoms with van der Waals surface area (Å²) in [6.45, 7) is 4.61. The minimum Gasteiger partial charge on any atom is -0.364 e. The lowest BCUT2D eigenvalue weighted by Gasteiger charge is -2.07. The Morgan fingerprint density at radius 1 is 1.26 bits per heavy atom. The van der Waals surface area contributed by atoms with E-state index in [0.717, 1.165) is 40.6 Å². The van der Waals surface area contributed by atoms with Crippen molar-refractivity contribution in [1.29, 1.82) is 0 Å². The van der Waals surface area contributed by atoms with Crippen LogP contribution in [0.2, 0.25) is 0 Å². The van der Waals surface area contributed by atoms with Crippen LogP contribution in [0.5, 0.6) is 0 Å². The monoisotopic (exact) mass is 321 g/mol. The van der Waals surface area contributed by atoms with Gasteiger partial charge in [-0.25, -0.2) is 19.9 Å². The number of nitrogens with zero attached hydrogens (tertiary/aromatic N) is 4. The zero-order chi connectivity index (χ0) is 13.7. The summed E-state index contributed by atoms with van der Waals surface area (Å²) in [6, 6.07) is 3.76. The number of hydrogen-bond donors (Lipinski definition) is 1. The summed E-state index contributed by atoms with van der Waals surface area (Å²) >= 11 is 3.40. The fourth-order valence-electron chi connectivity index (χ4n) is 1.68. The topological polar surface area (TPSA) is 63.6 Å². The van der Waals surface area contributed by atoms with Gasteiger partial charge in [0.15, 0.2) is 0 Å². The average molecular weight is 322 g/mol. The maximum absolute atomic E-state index is 4.47. The van der Waals surface area contributed by atoms with Crippen LogP contribution >= 0.6 is 15.9 Å². The molecule has 6 heteroatoms. The summed E-state index contributed by atoms with van der Waals surface area (Å²) in [5.41, 5.74) is 0.944. The lowest BCUT2D eigenvalue weighted by molar-refractivity contribution is 0.827. The zero-order valence-electron chi connectivity index (χ0n) is 11.0. The van der Waals surface area contributed by atoms with Gasteiger partial charge in [0.25, 0.3) is 0 Å². The average Bonchev–Trinajstić information content (AvgIpc) is 2.36. The minimum absolute atomic E-state index is 0.623. The molecule has 1 N–H and O–H groups in total. The largest absolute Gasteiger partial charge is 0.364 e. The molecule has 2 aromatic rings. The minimum atomic E-state index is 0.623. The van der Waals surface area contributed by atoms with Crippen molar-refractivity contribution >= 4 is 21.7 Å². The van der Waals surface area contributed by atoms with Gasteiger partial charge in [-0.3, -0.25) is 0 Å². The number of hydrogen-bond acceptors (Lipinski definition) is 5. The zero-order valence-corrected chi connectivity index (χ0v) is 12.6. The maximum Gasteiger partial charge on any atom is 0.132 e. The Hall–Kier alpha value is -1.56. The molecule has 0 atom stereocenters. The molecule has 0 aliphatic carbocycles. The Kier molecular flexibility index (Phi) is 4.79. The van der Waals surface area contributed by atoms with E-state index in [0.29, 0.717) is 6.54 Å². The molecule has 0 aliphatic heterocycles. The third-order valence-electron chi connectivity index (χ3n) is 2.50. The van der Waals surface area contributed by atoms with Crippen LogP contribution < -0.4 is 5.32 Å². The van der Waals surface area contributed by atoms with Gasteiger partial charge in [0, 0.05) is 18.7 Å². The van der Waals surface area contributed by atoms with Crippen LogP contribution in [0, 0.1) is 6.92 Å². The molecule has 0 aliphatic rings. The van der Waals surface area contributed by atoms with E-state index in [4.69, 9.17) is 0 Å². The van der Waals surface area contributed by atoms with Crippen LogP contribution in [-0.4, -0.2) is 19.9 Å². The van der Waals surface area contributed by atoms with E-state index in [9.17, 15) is 0 Å². The first kappa shape index (κ1) is 13.9. The van der Waals surface area contributed by atoms with Crippen LogP contribution in [0.1, 0.15) is 30.7 Å². The summed E-state index contributed by atoms with van der Waals surface area (Å²) in [4.78, 5) is 17.2. The predicted octanol–water partition coefficient (Wildman–Crippen LogP) is 2.90.